The van der Waals surface area contributed by atoms with E-state index in [1.165, 1.54) is 11.3 Å². The highest BCUT2D eigenvalue weighted by Crippen LogP contribution is 2.24. The Bertz CT molecular complexity index is 789. The Balaban J connectivity index is 1.45. The van der Waals surface area contributed by atoms with Crippen LogP contribution in [0, 0.1) is 0 Å². The molecule has 0 saturated carbocycles. The third kappa shape index (κ3) is 5.49. The number of rotatable bonds is 6. The lowest BCUT2D eigenvalue weighted by Crippen LogP contribution is -2.52. The van der Waals surface area contributed by atoms with Gasteiger partial charge in [0.25, 0.3) is 0 Å². The van der Waals surface area contributed by atoms with Gasteiger partial charge in [0.05, 0.1) is 12.2 Å². The van der Waals surface area contributed by atoms with E-state index < -0.39 is 0 Å². The second-order valence-corrected chi connectivity index (χ2v) is 7.71. The molecule has 3 heterocycles. The molecule has 28 heavy (non-hydrogen) atoms. The number of carbonyl (C=O) groups excluding carboxylic acids is 2. The van der Waals surface area contributed by atoms with Gasteiger partial charge in [0.1, 0.15) is 0 Å². The molecule has 1 aliphatic rings. The Hall–Kier alpha value is -2.52. The van der Waals surface area contributed by atoms with Crippen LogP contribution in [0.15, 0.2) is 29.9 Å². The highest BCUT2D eigenvalue weighted by molar-refractivity contribution is 7.14. The van der Waals surface area contributed by atoms with Gasteiger partial charge in [-0.25, -0.2) is 9.78 Å². The fraction of sp³-hybridized carbons (Fsp3) is 0.474. The topological polar surface area (TPSA) is 90.5 Å². The molecule has 0 radical (unpaired) electrons. The molecule has 3 rings (SSSR count). The third-order valence-corrected chi connectivity index (χ3v) is 5.48. The van der Waals surface area contributed by atoms with Crippen molar-refractivity contribution in [3.63, 3.8) is 0 Å². The summed E-state index contributed by atoms with van der Waals surface area (Å²) in [5.74, 6) is 0.0398. The van der Waals surface area contributed by atoms with E-state index in [0.717, 1.165) is 17.7 Å². The van der Waals surface area contributed by atoms with Crippen LogP contribution in [-0.2, 0) is 4.79 Å². The number of hydrogen-bond donors (Lipinski definition) is 2. The first-order valence-electron chi connectivity index (χ1n) is 9.48. The summed E-state index contributed by atoms with van der Waals surface area (Å²) in [6.07, 6.45) is 4.38. The average molecular weight is 403 g/mol. The second-order valence-electron chi connectivity index (χ2n) is 6.85. The quantitative estimate of drug-likeness (QED) is 0.774. The van der Waals surface area contributed by atoms with Crippen molar-refractivity contribution < 1.29 is 9.59 Å². The number of thiazole rings is 1. The first-order chi connectivity index (χ1) is 13.5. The van der Waals surface area contributed by atoms with Crippen molar-refractivity contribution in [3.05, 3.63) is 29.9 Å². The Labute approximate surface area is 169 Å². The number of urea groups is 1. The van der Waals surface area contributed by atoms with E-state index in [-0.39, 0.29) is 18.0 Å². The molecule has 8 nitrogen and oxygen atoms in total. The molecule has 0 spiro atoms. The number of hydrogen-bond acceptors (Lipinski definition) is 6. The van der Waals surface area contributed by atoms with Gasteiger partial charge in [0.15, 0.2) is 5.13 Å². The molecule has 2 aromatic rings. The standard InChI is InChI=1S/C19H26N6O2S/c1-3-14(2)21-17(26)12-24-7-9-25(10-8-24)19(27)23-18-22-16(13-28-18)15-5-4-6-20-11-15/h4-6,11,13-14H,3,7-10,12H2,1-2H3,(H,21,26)(H,22,23,27). The number of piperazine rings is 1. The van der Waals surface area contributed by atoms with E-state index >= 15 is 0 Å². The molecule has 3 amide bonds. The molecule has 1 unspecified atom stereocenters. The minimum Gasteiger partial charge on any atom is -0.353 e. The highest BCUT2D eigenvalue weighted by Gasteiger charge is 2.23. The summed E-state index contributed by atoms with van der Waals surface area (Å²) in [4.78, 5) is 36.9. The van der Waals surface area contributed by atoms with Crippen LogP contribution in [-0.4, -0.2) is 70.5 Å². The summed E-state index contributed by atoms with van der Waals surface area (Å²) < 4.78 is 0. The van der Waals surface area contributed by atoms with Crippen LogP contribution in [0.2, 0.25) is 0 Å². The van der Waals surface area contributed by atoms with E-state index in [4.69, 9.17) is 0 Å². The summed E-state index contributed by atoms with van der Waals surface area (Å²) in [6.45, 7) is 6.95. The molecule has 150 valence electrons. The fourth-order valence-electron chi connectivity index (χ4n) is 2.88. The van der Waals surface area contributed by atoms with E-state index in [1.54, 1.807) is 17.3 Å². The van der Waals surface area contributed by atoms with Crippen molar-refractivity contribution in [3.8, 4) is 11.3 Å². The molecule has 0 bridgehead atoms. The molecule has 0 aromatic carbocycles. The lowest BCUT2D eigenvalue weighted by molar-refractivity contribution is -0.123. The van der Waals surface area contributed by atoms with Crippen LogP contribution in [0.5, 0.6) is 0 Å². The largest absolute Gasteiger partial charge is 0.353 e. The van der Waals surface area contributed by atoms with Gasteiger partial charge in [0, 0.05) is 55.6 Å². The minimum atomic E-state index is -0.157. The fourth-order valence-corrected chi connectivity index (χ4v) is 3.59. The molecule has 1 aliphatic heterocycles. The highest BCUT2D eigenvalue weighted by atomic mass is 32.1. The Kier molecular flexibility index (Phi) is 6.94. The Morgan fingerprint density at radius 1 is 1.29 bits per heavy atom. The van der Waals surface area contributed by atoms with E-state index in [9.17, 15) is 9.59 Å². The zero-order valence-corrected chi connectivity index (χ0v) is 17.0. The zero-order chi connectivity index (χ0) is 19.9. The van der Waals surface area contributed by atoms with Crippen LogP contribution in [0.1, 0.15) is 20.3 Å². The predicted molar refractivity (Wildman–Crippen MR) is 110 cm³/mol. The molecule has 1 fully saturated rings. The lowest BCUT2D eigenvalue weighted by Gasteiger charge is -2.34. The van der Waals surface area contributed by atoms with Gasteiger partial charge in [-0.1, -0.05) is 6.92 Å². The number of pyridine rings is 1. The number of aromatic nitrogens is 2. The van der Waals surface area contributed by atoms with Gasteiger partial charge in [-0.3, -0.25) is 20.0 Å². The monoisotopic (exact) mass is 402 g/mol. The van der Waals surface area contributed by atoms with E-state index in [2.05, 4.69) is 25.5 Å². The summed E-state index contributed by atoms with van der Waals surface area (Å²) in [5.41, 5.74) is 1.72. The van der Waals surface area contributed by atoms with Gasteiger partial charge in [0.2, 0.25) is 5.91 Å². The van der Waals surface area contributed by atoms with Crippen molar-refractivity contribution in [2.75, 3.05) is 38.0 Å². The van der Waals surface area contributed by atoms with Crippen molar-refractivity contribution in [2.45, 2.75) is 26.3 Å². The summed E-state index contributed by atoms with van der Waals surface area (Å²) in [7, 11) is 0. The molecule has 2 N–H and O–H groups in total. The predicted octanol–water partition coefficient (Wildman–Crippen LogP) is 2.27. The molecule has 0 aliphatic carbocycles. The second kappa shape index (κ2) is 9.61. The summed E-state index contributed by atoms with van der Waals surface area (Å²) in [6, 6.07) is 3.82. The minimum absolute atomic E-state index is 0.0398. The van der Waals surface area contributed by atoms with Gasteiger partial charge >= 0.3 is 6.03 Å². The maximum atomic E-state index is 12.5. The number of nitrogens with zero attached hydrogens (tertiary/aromatic N) is 4. The maximum Gasteiger partial charge on any atom is 0.323 e. The van der Waals surface area contributed by atoms with Gasteiger partial charge < -0.3 is 10.2 Å². The van der Waals surface area contributed by atoms with E-state index in [0.29, 0.717) is 37.9 Å². The number of anilines is 1. The van der Waals surface area contributed by atoms with E-state index in [1.807, 2.05) is 31.4 Å². The molecule has 2 aromatic heterocycles. The summed E-state index contributed by atoms with van der Waals surface area (Å²) >= 11 is 1.39. The lowest BCUT2D eigenvalue weighted by atomic mass is 10.2. The SMILES string of the molecule is CCC(C)NC(=O)CN1CCN(C(=O)Nc2nc(-c3cccnc3)cs2)CC1. The number of amides is 3. The normalized spacial score (nSPS) is 15.9. The van der Waals surface area contributed by atoms with Crippen molar-refractivity contribution in [1.82, 2.24) is 25.1 Å². The van der Waals surface area contributed by atoms with Crippen LogP contribution < -0.4 is 10.6 Å². The molecule has 9 heteroatoms. The van der Waals surface area contributed by atoms with Gasteiger partial charge in [-0.05, 0) is 25.5 Å². The van der Waals surface area contributed by atoms with Crippen LogP contribution in [0.4, 0.5) is 9.93 Å². The number of carbonyl (C=O) groups is 2. The van der Waals surface area contributed by atoms with Crippen molar-refractivity contribution in [1.29, 1.82) is 0 Å². The molecule has 1 atom stereocenters. The van der Waals surface area contributed by atoms with Crippen molar-refractivity contribution >= 4 is 28.4 Å². The Morgan fingerprint density at radius 3 is 2.75 bits per heavy atom. The molecule has 1 saturated heterocycles. The third-order valence-electron chi connectivity index (χ3n) is 4.72. The van der Waals surface area contributed by atoms with Crippen molar-refractivity contribution in [2.24, 2.45) is 0 Å². The maximum absolute atomic E-state index is 12.5. The van der Waals surface area contributed by atoms with Crippen LogP contribution in [0.3, 0.4) is 0 Å². The Morgan fingerprint density at radius 2 is 2.07 bits per heavy atom. The first kappa shape index (κ1) is 20.2. The zero-order valence-electron chi connectivity index (χ0n) is 16.2. The summed E-state index contributed by atoms with van der Waals surface area (Å²) in [5, 5.41) is 8.31. The van der Waals surface area contributed by atoms with Crippen LogP contribution in [0.25, 0.3) is 11.3 Å². The van der Waals surface area contributed by atoms with Crippen LogP contribution >= 0.6 is 11.3 Å². The molecular formula is C19H26N6O2S. The number of nitrogens with one attached hydrogen (secondary N) is 2. The average Bonchev–Trinajstić information content (AvgIpc) is 3.17. The first-order valence-corrected chi connectivity index (χ1v) is 10.4. The molecular weight excluding hydrogens is 376 g/mol. The van der Waals surface area contributed by atoms with Gasteiger partial charge in [-0.15, -0.1) is 11.3 Å². The van der Waals surface area contributed by atoms with Gasteiger partial charge in [-0.2, -0.15) is 0 Å². The smallest absolute Gasteiger partial charge is 0.323 e.